The predicted octanol–water partition coefficient (Wildman–Crippen LogP) is 4.33. The molecule has 1 aromatic carbocycles. The fraction of sp³-hybridized carbons (Fsp3) is 0.714. The summed E-state index contributed by atoms with van der Waals surface area (Å²) in [5.74, 6) is 2.38. The van der Waals surface area contributed by atoms with Crippen LogP contribution in [0, 0.1) is 17.8 Å². The summed E-state index contributed by atoms with van der Waals surface area (Å²) in [6, 6.07) is 10.5. The fourth-order valence-electron chi connectivity index (χ4n) is 5.76. The summed E-state index contributed by atoms with van der Waals surface area (Å²) < 4.78 is 19.8. The van der Waals surface area contributed by atoms with Gasteiger partial charge in [0.25, 0.3) is 0 Å². The zero-order chi connectivity index (χ0) is 17.6. The van der Waals surface area contributed by atoms with E-state index in [1.807, 2.05) is 18.2 Å². The van der Waals surface area contributed by atoms with Crippen LogP contribution in [0.25, 0.3) is 0 Å². The first-order valence-corrected chi connectivity index (χ1v) is 10.8. The summed E-state index contributed by atoms with van der Waals surface area (Å²) in [5, 5.41) is 0. The van der Waals surface area contributed by atoms with Crippen molar-refractivity contribution in [1.82, 2.24) is 4.90 Å². The second-order valence-corrected chi connectivity index (χ2v) is 10.5. The van der Waals surface area contributed by atoms with Gasteiger partial charge in [-0.05, 0) is 82.9 Å². The Labute approximate surface area is 154 Å². The van der Waals surface area contributed by atoms with E-state index in [4.69, 9.17) is 4.18 Å². The number of rotatable bonds is 6. The molecule has 4 fully saturated rings. The van der Waals surface area contributed by atoms with Crippen molar-refractivity contribution in [3.63, 3.8) is 0 Å². The third kappa shape index (κ3) is 3.33. The van der Waals surface area contributed by atoms with Gasteiger partial charge in [-0.3, -0.25) is 4.18 Å². The maximum Gasteiger partial charge on any atom is 0.162 e. The molecule has 0 spiro atoms. The minimum atomic E-state index is -1.22. The molecule has 0 N–H and O–H groups in total. The van der Waals surface area contributed by atoms with E-state index >= 15 is 0 Å². The quantitative estimate of drug-likeness (QED) is 0.755. The number of hydrogen-bond donors (Lipinski definition) is 0. The SMILES string of the molecule is C[C@@H]([C@H](OS(=O)C12CC3CC(CC(C3)C1)C2)c1ccccc1)N(C)C. The molecule has 4 aliphatic carbocycles. The molecule has 5 rings (SSSR count). The summed E-state index contributed by atoms with van der Waals surface area (Å²) in [7, 11) is 4.13. The fourth-order valence-corrected chi connectivity index (χ4v) is 7.54. The van der Waals surface area contributed by atoms with Gasteiger partial charge in [0, 0.05) is 6.04 Å². The van der Waals surface area contributed by atoms with Gasteiger partial charge in [-0.1, -0.05) is 30.3 Å². The standard InChI is InChI=1S/C21H31NO2S/c1-15(22(2)3)20(19-7-5-4-6-8-19)24-25(23)21-12-16-9-17(13-21)11-18(10-16)14-21/h4-8,15-18,20H,9-14H2,1-3H3/t15-,16?,17?,18?,20-,21?,25?/m0/s1. The van der Waals surface area contributed by atoms with E-state index in [0.717, 1.165) is 42.6 Å². The highest BCUT2D eigenvalue weighted by molar-refractivity contribution is 7.81. The van der Waals surface area contributed by atoms with E-state index in [2.05, 4.69) is 38.1 Å². The Hall–Kier alpha value is -0.710. The van der Waals surface area contributed by atoms with Gasteiger partial charge >= 0.3 is 0 Å². The van der Waals surface area contributed by atoms with Crippen molar-refractivity contribution in [3.05, 3.63) is 35.9 Å². The summed E-state index contributed by atoms with van der Waals surface area (Å²) in [6.07, 6.45) is 7.30. The second kappa shape index (κ2) is 6.79. The predicted molar refractivity (Wildman–Crippen MR) is 102 cm³/mol. The largest absolute Gasteiger partial charge is 0.304 e. The molecule has 3 nitrogen and oxygen atoms in total. The molecule has 138 valence electrons. The minimum absolute atomic E-state index is 0.0756. The molecular formula is C21H31NO2S. The highest BCUT2D eigenvalue weighted by Crippen LogP contribution is 2.58. The van der Waals surface area contributed by atoms with Crippen molar-refractivity contribution in [2.45, 2.75) is 62.3 Å². The van der Waals surface area contributed by atoms with E-state index in [0.29, 0.717) is 0 Å². The van der Waals surface area contributed by atoms with Crippen molar-refractivity contribution >= 4 is 11.1 Å². The highest BCUT2D eigenvalue weighted by Gasteiger charge is 2.55. The van der Waals surface area contributed by atoms with Crippen LogP contribution < -0.4 is 0 Å². The van der Waals surface area contributed by atoms with E-state index in [1.54, 1.807) is 0 Å². The lowest BCUT2D eigenvalue weighted by Crippen LogP contribution is -2.53. The first-order chi connectivity index (χ1) is 12.0. The highest BCUT2D eigenvalue weighted by atomic mass is 32.2. The molecule has 3 atom stereocenters. The normalized spacial score (nSPS) is 37.2. The lowest BCUT2D eigenvalue weighted by atomic mass is 9.56. The number of benzene rings is 1. The van der Waals surface area contributed by atoms with Gasteiger partial charge in [-0.25, -0.2) is 4.21 Å². The second-order valence-electron chi connectivity index (χ2n) is 8.97. The van der Waals surface area contributed by atoms with E-state index in [9.17, 15) is 4.21 Å². The van der Waals surface area contributed by atoms with Crippen molar-refractivity contribution in [3.8, 4) is 0 Å². The topological polar surface area (TPSA) is 29.5 Å². The van der Waals surface area contributed by atoms with Crippen LogP contribution in [-0.2, 0) is 15.3 Å². The van der Waals surface area contributed by atoms with Crippen LogP contribution in [0.3, 0.4) is 0 Å². The Morgan fingerprint density at radius 1 is 1.04 bits per heavy atom. The van der Waals surface area contributed by atoms with Crippen molar-refractivity contribution in [2.75, 3.05) is 14.1 Å². The molecule has 1 unspecified atom stereocenters. The van der Waals surface area contributed by atoms with E-state index in [-0.39, 0.29) is 16.9 Å². The average Bonchev–Trinajstić information content (AvgIpc) is 2.58. The first-order valence-electron chi connectivity index (χ1n) is 9.77. The van der Waals surface area contributed by atoms with Crippen LogP contribution in [0.2, 0.25) is 0 Å². The Morgan fingerprint density at radius 3 is 2.04 bits per heavy atom. The summed E-state index contributed by atoms with van der Waals surface area (Å²) >= 11 is -1.22. The maximum atomic E-state index is 13.5. The molecule has 0 aliphatic heterocycles. The van der Waals surface area contributed by atoms with Gasteiger partial charge in [0.2, 0.25) is 0 Å². The average molecular weight is 362 g/mol. The van der Waals surface area contributed by atoms with Crippen molar-refractivity contribution < 1.29 is 8.39 Å². The van der Waals surface area contributed by atoms with Crippen LogP contribution in [0.4, 0.5) is 0 Å². The van der Waals surface area contributed by atoms with Gasteiger partial charge in [0.15, 0.2) is 11.1 Å². The molecule has 1 aromatic rings. The van der Waals surface area contributed by atoms with Crippen LogP contribution >= 0.6 is 0 Å². The molecule has 0 heterocycles. The first kappa shape index (κ1) is 17.7. The van der Waals surface area contributed by atoms with Crippen molar-refractivity contribution in [1.29, 1.82) is 0 Å². The van der Waals surface area contributed by atoms with Crippen LogP contribution in [-0.4, -0.2) is 34.0 Å². The van der Waals surface area contributed by atoms with E-state index < -0.39 is 11.1 Å². The number of likely N-dealkylation sites (N-methyl/N-ethyl adjacent to an activating group) is 1. The Balaban J connectivity index is 1.57. The van der Waals surface area contributed by atoms with Crippen LogP contribution in [0.1, 0.15) is 57.1 Å². The molecule has 0 aromatic heterocycles. The molecular weight excluding hydrogens is 330 g/mol. The third-order valence-electron chi connectivity index (χ3n) is 6.91. The van der Waals surface area contributed by atoms with Crippen LogP contribution in [0.15, 0.2) is 30.3 Å². The van der Waals surface area contributed by atoms with Gasteiger partial charge in [-0.2, -0.15) is 0 Å². The monoisotopic (exact) mass is 361 g/mol. The molecule has 4 aliphatic rings. The Bertz CT molecular complexity index is 595. The summed E-state index contributed by atoms with van der Waals surface area (Å²) in [4.78, 5) is 2.16. The lowest BCUT2D eigenvalue weighted by molar-refractivity contribution is 0.0267. The molecule has 4 saturated carbocycles. The molecule has 0 saturated heterocycles. The molecule has 0 amide bonds. The van der Waals surface area contributed by atoms with Gasteiger partial charge in [-0.15, -0.1) is 0 Å². The Kier molecular flexibility index (Phi) is 4.80. The summed E-state index contributed by atoms with van der Waals surface area (Å²) in [6.45, 7) is 2.16. The zero-order valence-corrected chi connectivity index (χ0v) is 16.5. The third-order valence-corrected chi connectivity index (χ3v) is 8.50. The Morgan fingerprint density at radius 2 is 1.56 bits per heavy atom. The molecule has 4 bridgehead atoms. The maximum absolute atomic E-state index is 13.5. The van der Waals surface area contributed by atoms with Gasteiger partial charge in [0.05, 0.1) is 4.75 Å². The number of hydrogen-bond acceptors (Lipinski definition) is 3. The minimum Gasteiger partial charge on any atom is -0.304 e. The van der Waals surface area contributed by atoms with Crippen molar-refractivity contribution in [2.24, 2.45) is 17.8 Å². The van der Waals surface area contributed by atoms with Gasteiger partial charge in [0.1, 0.15) is 6.10 Å². The van der Waals surface area contributed by atoms with E-state index in [1.165, 1.54) is 19.3 Å². The number of nitrogens with zero attached hydrogens (tertiary/aromatic N) is 1. The summed E-state index contributed by atoms with van der Waals surface area (Å²) in [5.41, 5.74) is 1.13. The van der Waals surface area contributed by atoms with Crippen LogP contribution in [0.5, 0.6) is 0 Å². The molecule has 25 heavy (non-hydrogen) atoms. The molecule has 4 heteroatoms. The zero-order valence-electron chi connectivity index (χ0n) is 15.7. The van der Waals surface area contributed by atoms with Gasteiger partial charge < -0.3 is 4.90 Å². The smallest absolute Gasteiger partial charge is 0.162 e. The lowest BCUT2D eigenvalue weighted by Gasteiger charge is -2.55. The molecule has 0 radical (unpaired) electrons.